The molecule has 2 N–H and O–H groups in total. The highest BCUT2D eigenvalue weighted by molar-refractivity contribution is 8.05. The van der Waals surface area contributed by atoms with Gasteiger partial charge in [0.2, 0.25) is 6.79 Å². The van der Waals surface area contributed by atoms with Crippen LogP contribution in [0.15, 0.2) is 59.5 Å². The third kappa shape index (κ3) is 5.34. The highest BCUT2D eigenvalue weighted by Gasteiger charge is 2.27. The zero-order valence-electron chi connectivity index (χ0n) is 19.8. The van der Waals surface area contributed by atoms with Crippen molar-refractivity contribution in [2.75, 3.05) is 19.2 Å². The minimum atomic E-state index is -0.266. The molecule has 0 aliphatic carbocycles. The third-order valence-corrected chi connectivity index (χ3v) is 7.07. The lowest BCUT2D eigenvalue weighted by atomic mass is 10.1. The minimum absolute atomic E-state index is 0.152. The van der Waals surface area contributed by atoms with Gasteiger partial charge < -0.3 is 29.6 Å². The standard InChI is InChI=1S/C27H25ClN2O5S/c1-3-16-4-7-19(8-5-16)29-27-30-26(31)24(36-27)13-18-10-20(28)25(23(12-18)32-2)33-14-17-6-9-21-22(11-17)35-15-34-21/h4-13,27,29H,3,14-15H2,1-2H3,(H,30,31)/b24-13-/t27-/m1/s1. The number of nitrogens with one attached hydrogen (secondary N) is 2. The quantitative estimate of drug-likeness (QED) is 0.359. The van der Waals surface area contributed by atoms with Crippen LogP contribution in [0.2, 0.25) is 5.02 Å². The van der Waals surface area contributed by atoms with Gasteiger partial charge in [-0.25, -0.2) is 0 Å². The molecule has 1 saturated heterocycles. The Morgan fingerprint density at radius 3 is 2.67 bits per heavy atom. The van der Waals surface area contributed by atoms with Gasteiger partial charge in [0.15, 0.2) is 28.5 Å². The second kappa shape index (κ2) is 10.6. The predicted octanol–water partition coefficient (Wildman–Crippen LogP) is 5.82. The number of methoxy groups -OCH3 is 1. The number of anilines is 1. The number of carbonyl (C=O) groups excluding carboxylic acids is 1. The summed E-state index contributed by atoms with van der Waals surface area (Å²) in [6.07, 6.45) is 2.77. The van der Waals surface area contributed by atoms with Crippen molar-refractivity contribution in [3.63, 3.8) is 0 Å². The van der Waals surface area contributed by atoms with Crippen LogP contribution in [0.5, 0.6) is 23.0 Å². The summed E-state index contributed by atoms with van der Waals surface area (Å²) in [6, 6.07) is 17.4. The summed E-state index contributed by atoms with van der Waals surface area (Å²) < 4.78 is 22.3. The molecule has 2 heterocycles. The van der Waals surface area contributed by atoms with Gasteiger partial charge >= 0.3 is 0 Å². The van der Waals surface area contributed by atoms with E-state index in [0.717, 1.165) is 23.2 Å². The van der Waals surface area contributed by atoms with Gasteiger partial charge in [0.1, 0.15) is 6.61 Å². The molecule has 5 rings (SSSR count). The van der Waals surface area contributed by atoms with Crippen LogP contribution in [0.1, 0.15) is 23.6 Å². The molecule has 1 fully saturated rings. The van der Waals surface area contributed by atoms with E-state index in [1.807, 2.05) is 30.3 Å². The van der Waals surface area contributed by atoms with E-state index >= 15 is 0 Å². The molecule has 0 radical (unpaired) electrons. The molecule has 3 aromatic carbocycles. The Kier molecular flexibility index (Phi) is 7.16. The Morgan fingerprint density at radius 1 is 1.11 bits per heavy atom. The molecule has 0 saturated carbocycles. The molecule has 0 unspecified atom stereocenters. The Morgan fingerprint density at radius 2 is 1.89 bits per heavy atom. The minimum Gasteiger partial charge on any atom is -0.493 e. The average molecular weight is 525 g/mol. The molecule has 9 heteroatoms. The van der Waals surface area contributed by atoms with Crippen LogP contribution < -0.4 is 29.6 Å². The van der Waals surface area contributed by atoms with Crippen LogP contribution in [-0.2, 0) is 17.8 Å². The highest BCUT2D eigenvalue weighted by Crippen LogP contribution is 2.39. The number of aryl methyl sites for hydroxylation is 1. The van der Waals surface area contributed by atoms with Gasteiger partial charge in [-0.3, -0.25) is 4.79 Å². The fourth-order valence-corrected chi connectivity index (χ4v) is 5.11. The first kappa shape index (κ1) is 24.2. The summed E-state index contributed by atoms with van der Waals surface area (Å²) >= 11 is 7.97. The number of rotatable bonds is 8. The Labute approximate surface area is 218 Å². The summed E-state index contributed by atoms with van der Waals surface area (Å²) in [6.45, 7) is 2.61. The van der Waals surface area contributed by atoms with Crippen molar-refractivity contribution in [2.24, 2.45) is 0 Å². The van der Waals surface area contributed by atoms with Crippen LogP contribution >= 0.6 is 23.4 Å². The number of ether oxygens (including phenoxy) is 4. The molecule has 7 nitrogen and oxygen atoms in total. The lowest BCUT2D eigenvalue weighted by Crippen LogP contribution is -2.30. The topological polar surface area (TPSA) is 78.1 Å². The Balaban J connectivity index is 1.28. The van der Waals surface area contributed by atoms with Crippen molar-refractivity contribution in [2.45, 2.75) is 25.4 Å². The van der Waals surface area contributed by atoms with Gasteiger partial charge in [0, 0.05) is 5.69 Å². The molecule has 1 amide bonds. The summed E-state index contributed by atoms with van der Waals surface area (Å²) in [4.78, 5) is 13.2. The van der Waals surface area contributed by atoms with E-state index in [9.17, 15) is 4.79 Å². The fourth-order valence-electron chi connectivity index (χ4n) is 3.85. The van der Waals surface area contributed by atoms with E-state index in [1.54, 1.807) is 25.3 Å². The van der Waals surface area contributed by atoms with Gasteiger partial charge in [-0.05, 0) is 65.6 Å². The van der Waals surface area contributed by atoms with Crippen LogP contribution in [0.4, 0.5) is 5.69 Å². The number of benzene rings is 3. The monoisotopic (exact) mass is 524 g/mol. The molecule has 186 valence electrons. The maximum absolute atomic E-state index is 12.6. The maximum Gasteiger partial charge on any atom is 0.260 e. The summed E-state index contributed by atoms with van der Waals surface area (Å²) in [5.74, 6) is 2.16. The summed E-state index contributed by atoms with van der Waals surface area (Å²) in [5, 5.41) is 6.67. The fraction of sp³-hybridized carbons (Fsp3) is 0.222. The number of amides is 1. The van der Waals surface area contributed by atoms with Gasteiger partial charge in [-0.1, -0.05) is 48.5 Å². The zero-order valence-corrected chi connectivity index (χ0v) is 21.4. The van der Waals surface area contributed by atoms with Crippen LogP contribution in [0, 0.1) is 0 Å². The predicted molar refractivity (Wildman–Crippen MR) is 142 cm³/mol. The van der Waals surface area contributed by atoms with Gasteiger partial charge in [0.25, 0.3) is 5.91 Å². The van der Waals surface area contributed by atoms with Gasteiger partial charge in [-0.2, -0.15) is 0 Å². The van der Waals surface area contributed by atoms with Crippen molar-refractivity contribution in [3.8, 4) is 23.0 Å². The first-order valence-electron chi connectivity index (χ1n) is 11.5. The maximum atomic E-state index is 12.6. The first-order chi connectivity index (χ1) is 17.5. The van der Waals surface area contributed by atoms with Crippen molar-refractivity contribution in [1.82, 2.24) is 5.32 Å². The number of halogens is 1. The summed E-state index contributed by atoms with van der Waals surface area (Å²) in [5.41, 5.74) is 3.58. The molecular weight excluding hydrogens is 500 g/mol. The van der Waals surface area contributed by atoms with Gasteiger partial charge in [-0.15, -0.1) is 0 Å². The van der Waals surface area contributed by atoms with E-state index in [1.165, 1.54) is 17.3 Å². The lowest BCUT2D eigenvalue weighted by molar-refractivity contribution is -0.116. The molecule has 0 bridgehead atoms. The second-order valence-electron chi connectivity index (χ2n) is 8.19. The van der Waals surface area contributed by atoms with Crippen LogP contribution in [0.25, 0.3) is 6.08 Å². The smallest absolute Gasteiger partial charge is 0.260 e. The van der Waals surface area contributed by atoms with E-state index in [0.29, 0.717) is 32.9 Å². The molecule has 36 heavy (non-hydrogen) atoms. The number of fused-ring (bicyclic) bond motifs is 1. The van der Waals surface area contributed by atoms with E-state index in [-0.39, 0.29) is 24.8 Å². The number of thioether (sulfide) groups is 1. The molecule has 2 aliphatic heterocycles. The van der Waals surface area contributed by atoms with Crippen LogP contribution in [-0.4, -0.2) is 25.3 Å². The van der Waals surface area contributed by atoms with Gasteiger partial charge in [0.05, 0.1) is 17.0 Å². The van der Waals surface area contributed by atoms with Crippen molar-refractivity contribution in [1.29, 1.82) is 0 Å². The number of carbonyl (C=O) groups is 1. The highest BCUT2D eigenvalue weighted by atomic mass is 35.5. The zero-order chi connectivity index (χ0) is 25.1. The Bertz CT molecular complexity index is 1310. The molecular formula is C27H25ClN2O5S. The summed E-state index contributed by atoms with van der Waals surface area (Å²) in [7, 11) is 1.55. The Hall–Kier alpha value is -3.49. The molecule has 1 atom stereocenters. The average Bonchev–Trinajstić information content (AvgIpc) is 3.49. The van der Waals surface area contributed by atoms with Crippen molar-refractivity contribution < 1.29 is 23.7 Å². The largest absolute Gasteiger partial charge is 0.493 e. The molecule has 2 aliphatic rings. The SMILES string of the molecule is CCc1ccc(N[C@@H]2NC(=O)/C(=C/c3cc(Cl)c(OCc4ccc5c(c4)OCO5)c(OC)c3)S2)cc1. The van der Waals surface area contributed by atoms with Crippen molar-refractivity contribution >= 4 is 41.0 Å². The first-order valence-corrected chi connectivity index (χ1v) is 12.7. The molecule has 0 aromatic heterocycles. The number of hydrogen-bond donors (Lipinski definition) is 2. The lowest BCUT2D eigenvalue weighted by Gasteiger charge is -2.14. The molecule has 0 spiro atoms. The normalized spacial score (nSPS) is 17.2. The molecule has 3 aromatic rings. The van der Waals surface area contributed by atoms with Crippen molar-refractivity contribution in [3.05, 3.63) is 81.2 Å². The third-order valence-electron chi connectivity index (χ3n) is 5.76. The second-order valence-corrected chi connectivity index (χ2v) is 9.74. The van der Waals surface area contributed by atoms with Crippen LogP contribution in [0.3, 0.4) is 0 Å². The van der Waals surface area contributed by atoms with E-state index < -0.39 is 0 Å². The van der Waals surface area contributed by atoms with E-state index in [4.69, 9.17) is 30.5 Å². The number of hydrogen-bond acceptors (Lipinski definition) is 7. The van der Waals surface area contributed by atoms with E-state index in [2.05, 4.69) is 29.7 Å².